The monoisotopic (exact) mass is 279 g/mol. The molecule has 1 heterocycles. The number of hydrogen-bond donors (Lipinski definition) is 1. The summed E-state index contributed by atoms with van der Waals surface area (Å²) >= 11 is 0. The van der Waals surface area contributed by atoms with Crippen molar-refractivity contribution in [2.24, 2.45) is 5.92 Å². The number of likely N-dealkylation sites (tertiary alicyclic amines) is 1. The van der Waals surface area contributed by atoms with E-state index < -0.39 is 30.5 Å². The van der Waals surface area contributed by atoms with Gasteiger partial charge in [0.2, 0.25) is 5.91 Å². The molecule has 0 spiro atoms. The van der Waals surface area contributed by atoms with E-state index in [1.807, 2.05) is 0 Å². The van der Waals surface area contributed by atoms with Crippen LogP contribution in [0.3, 0.4) is 0 Å². The molecule has 0 aromatic rings. The molecular formula is C13H20F3NO2. The molecule has 0 aromatic carbocycles. The molecule has 1 saturated carbocycles. The van der Waals surface area contributed by atoms with Gasteiger partial charge in [0.15, 0.2) is 0 Å². The summed E-state index contributed by atoms with van der Waals surface area (Å²) in [5, 5.41) is 10.4. The standard InChI is InChI=1S/C13H20F3NO2/c14-13(15,16)6-4-11(18)17-8-7-12(19)5-2-1-3-10(12)9-17/h10,19H,1-9H2/t10-,12-/m0/s1. The average molecular weight is 279 g/mol. The molecule has 2 fully saturated rings. The first kappa shape index (κ1) is 14.6. The normalized spacial score (nSPS) is 32.0. The van der Waals surface area contributed by atoms with Crippen molar-refractivity contribution in [1.29, 1.82) is 0 Å². The number of carbonyl (C=O) groups excluding carboxylic acids is 1. The third kappa shape index (κ3) is 3.61. The number of alkyl halides is 3. The highest BCUT2D eigenvalue weighted by molar-refractivity contribution is 5.76. The van der Waals surface area contributed by atoms with Crippen molar-refractivity contribution in [3.05, 3.63) is 0 Å². The highest BCUT2D eigenvalue weighted by Gasteiger charge is 2.43. The van der Waals surface area contributed by atoms with Gasteiger partial charge in [-0.3, -0.25) is 4.79 Å². The van der Waals surface area contributed by atoms with E-state index in [0.29, 0.717) is 19.5 Å². The first-order valence-electron chi connectivity index (χ1n) is 6.87. The van der Waals surface area contributed by atoms with Gasteiger partial charge in [-0.05, 0) is 19.3 Å². The van der Waals surface area contributed by atoms with Crippen molar-refractivity contribution in [3.8, 4) is 0 Å². The van der Waals surface area contributed by atoms with Crippen molar-refractivity contribution in [2.45, 2.75) is 56.7 Å². The number of halogens is 3. The zero-order chi connectivity index (χ0) is 14.1. The molecule has 0 bridgehead atoms. The SMILES string of the molecule is O=C(CCC(F)(F)F)N1CC[C@@]2(O)CCCC[C@H]2C1. The average Bonchev–Trinajstić information content (AvgIpc) is 2.34. The topological polar surface area (TPSA) is 40.5 Å². The predicted molar refractivity (Wildman–Crippen MR) is 63.4 cm³/mol. The summed E-state index contributed by atoms with van der Waals surface area (Å²) in [7, 11) is 0. The maximum absolute atomic E-state index is 12.1. The second kappa shape index (κ2) is 5.31. The third-order valence-electron chi connectivity index (χ3n) is 4.40. The van der Waals surface area contributed by atoms with Crippen LogP contribution >= 0.6 is 0 Å². The molecule has 2 aliphatic rings. The fourth-order valence-corrected chi connectivity index (χ4v) is 3.20. The number of piperidine rings is 1. The van der Waals surface area contributed by atoms with E-state index >= 15 is 0 Å². The van der Waals surface area contributed by atoms with Gasteiger partial charge in [-0.1, -0.05) is 12.8 Å². The molecule has 6 heteroatoms. The molecular weight excluding hydrogens is 259 g/mol. The largest absolute Gasteiger partial charge is 0.389 e. The highest BCUT2D eigenvalue weighted by atomic mass is 19.4. The highest BCUT2D eigenvalue weighted by Crippen LogP contribution is 2.40. The van der Waals surface area contributed by atoms with E-state index in [1.54, 1.807) is 0 Å². The molecule has 110 valence electrons. The number of rotatable bonds is 2. The Morgan fingerprint density at radius 1 is 1.32 bits per heavy atom. The summed E-state index contributed by atoms with van der Waals surface area (Å²) in [5.74, 6) is -0.408. The molecule has 1 amide bonds. The molecule has 2 atom stereocenters. The third-order valence-corrected chi connectivity index (χ3v) is 4.40. The summed E-state index contributed by atoms with van der Waals surface area (Å²) in [4.78, 5) is 13.3. The lowest BCUT2D eigenvalue weighted by Gasteiger charge is -2.47. The molecule has 1 aliphatic carbocycles. The zero-order valence-electron chi connectivity index (χ0n) is 10.9. The van der Waals surface area contributed by atoms with E-state index in [4.69, 9.17) is 0 Å². The first-order valence-corrected chi connectivity index (χ1v) is 6.87. The summed E-state index contributed by atoms with van der Waals surface area (Å²) in [6, 6.07) is 0. The molecule has 1 saturated heterocycles. The van der Waals surface area contributed by atoms with Crippen LogP contribution in [0.5, 0.6) is 0 Å². The fourth-order valence-electron chi connectivity index (χ4n) is 3.20. The molecule has 3 nitrogen and oxygen atoms in total. The molecule has 1 N–H and O–H groups in total. The molecule has 0 unspecified atom stereocenters. The van der Waals surface area contributed by atoms with Crippen molar-refractivity contribution in [2.75, 3.05) is 13.1 Å². The van der Waals surface area contributed by atoms with Crippen LogP contribution in [-0.2, 0) is 4.79 Å². The van der Waals surface area contributed by atoms with Crippen LogP contribution in [-0.4, -0.2) is 40.8 Å². The van der Waals surface area contributed by atoms with Crippen LogP contribution in [0.25, 0.3) is 0 Å². The van der Waals surface area contributed by atoms with Crippen LogP contribution in [0.2, 0.25) is 0 Å². The van der Waals surface area contributed by atoms with E-state index in [1.165, 1.54) is 4.90 Å². The Hall–Kier alpha value is -0.780. The maximum atomic E-state index is 12.1. The Morgan fingerprint density at radius 2 is 2.05 bits per heavy atom. The Bertz CT molecular complexity index is 345. The summed E-state index contributed by atoms with van der Waals surface area (Å²) in [5.41, 5.74) is -0.695. The van der Waals surface area contributed by atoms with Gasteiger partial charge >= 0.3 is 6.18 Å². The van der Waals surface area contributed by atoms with Gasteiger partial charge in [-0.25, -0.2) is 0 Å². The maximum Gasteiger partial charge on any atom is 0.389 e. The summed E-state index contributed by atoms with van der Waals surface area (Å²) in [6.07, 6.45) is -1.69. The van der Waals surface area contributed by atoms with E-state index in [2.05, 4.69) is 0 Å². The van der Waals surface area contributed by atoms with Crippen molar-refractivity contribution in [1.82, 2.24) is 4.90 Å². The van der Waals surface area contributed by atoms with Gasteiger partial charge in [0.1, 0.15) is 0 Å². The van der Waals surface area contributed by atoms with Gasteiger partial charge < -0.3 is 10.0 Å². The van der Waals surface area contributed by atoms with Gasteiger partial charge in [0.05, 0.1) is 12.0 Å². The lowest BCUT2D eigenvalue weighted by Crippen LogP contribution is -2.54. The molecule has 19 heavy (non-hydrogen) atoms. The quantitative estimate of drug-likeness (QED) is 0.843. The molecule has 2 rings (SSSR count). The minimum atomic E-state index is -4.28. The minimum absolute atomic E-state index is 0.0323. The Balaban J connectivity index is 1.88. The van der Waals surface area contributed by atoms with Crippen LogP contribution < -0.4 is 0 Å². The van der Waals surface area contributed by atoms with Crippen molar-refractivity contribution < 1.29 is 23.1 Å². The van der Waals surface area contributed by atoms with Crippen molar-refractivity contribution in [3.63, 3.8) is 0 Å². The number of fused-ring (bicyclic) bond motifs is 1. The predicted octanol–water partition coefficient (Wildman–Crippen LogP) is 2.48. The Labute approximate surface area is 110 Å². The number of nitrogens with zero attached hydrogens (tertiary/aromatic N) is 1. The lowest BCUT2D eigenvalue weighted by molar-refractivity contribution is -0.155. The zero-order valence-corrected chi connectivity index (χ0v) is 10.9. The fraction of sp³-hybridized carbons (Fsp3) is 0.923. The van der Waals surface area contributed by atoms with E-state index in [0.717, 1.165) is 25.7 Å². The second-order valence-electron chi connectivity index (χ2n) is 5.75. The van der Waals surface area contributed by atoms with Crippen LogP contribution in [0, 0.1) is 5.92 Å². The molecule has 0 aromatic heterocycles. The Kier molecular flexibility index (Phi) is 4.08. The smallest absolute Gasteiger partial charge is 0.389 e. The van der Waals surface area contributed by atoms with Gasteiger partial charge in [-0.15, -0.1) is 0 Å². The Morgan fingerprint density at radius 3 is 2.74 bits per heavy atom. The molecule has 0 radical (unpaired) electrons. The van der Waals surface area contributed by atoms with E-state index in [-0.39, 0.29) is 5.92 Å². The minimum Gasteiger partial charge on any atom is -0.389 e. The van der Waals surface area contributed by atoms with Crippen LogP contribution in [0.1, 0.15) is 44.9 Å². The number of carbonyl (C=O) groups is 1. The van der Waals surface area contributed by atoms with Crippen LogP contribution in [0.4, 0.5) is 13.2 Å². The number of aliphatic hydroxyl groups is 1. The van der Waals surface area contributed by atoms with Gasteiger partial charge in [-0.2, -0.15) is 13.2 Å². The lowest BCUT2D eigenvalue weighted by atomic mass is 9.71. The van der Waals surface area contributed by atoms with Gasteiger partial charge in [0.25, 0.3) is 0 Å². The second-order valence-corrected chi connectivity index (χ2v) is 5.75. The van der Waals surface area contributed by atoms with Crippen LogP contribution in [0.15, 0.2) is 0 Å². The number of hydrogen-bond acceptors (Lipinski definition) is 2. The first-order chi connectivity index (χ1) is 8.80. The number of amides is 1. The van der Waals surface area contributed by atoms with E-state index in [9.17, 15) is 23.1 Å². The summed E-state index contributed by atoms with van der Waals surface area (Å²) in [6.45, 7) is 0.789. The summed E-state index contributed by atoms with van der Waals surface area (Å²) < 4.78 is 36.3. The molecule has 1 aliphatic heterocycles. The van der Waals surface area contributed by atoms with Gasteiger partial charge in [0, 0.05) is 25.4 Å². The van der Waals surface area contributed by atoms with Crippen molar-refractivity contribution >= 4 is 5.91 Å².